The Morgan fingerprint density at radius 2 is 1.21 bits per heavy atom. The fourth-order valence-electron chi connectivity index (χ4n) is 6.75. The number of halogens is 4. The molecule has 350 valence electrons. The zero-order valence-electron chi connectivity index (χ0n) is 35.9. The second kappa shape index (κ2) is 21.4. The molecule has 5 N–H and O–H groups in total. The first kappa shape index (κ1) is 47.6. The van der Waals surface area contributed by atoms with E-state index in [1.807, 2.05) is 36.4 Å². The van der Waals surface area contributed by atoms with E-state index in [2.05, 4.69) is 69.1 Å². The Kier molecular flexibility index (Phi) is 14.5. The van der Waals surface area contributed by atoms with Crippen molar-refractivity contribution in [1.29, 1.82) is 0 Å². The average Bonchev–Trinajstić information content (AvgIpc) is 3.34. The molecule has 0 aliphatic heterocycles. The number of nitrogens with one attached hydrogen (secondary N) is 3. The van der Waals surface area contributed by atoms with Gasteiger partial charge in [0.2, 0.25) is 6.40 Å². The van der Waals surface area contributed by atoms with Crippen LogP contribution in [0.2, 0.25) is 0 Å². The number of nitrogens with zero attached hydrogens (tertiary/aromatic N) is 5. The van der Waals surface area contributed by atoms with Gasteiger partial charge in [-0.3, -0.25) is 14.9 Å². The van der Waals surface area contributed by atoms with E-state index in [1.165, 1.54) is 48.5 Å². The minimum Gasteiger partial charge on any atom is -0.506 e. The third-order valence-corrected chi connectivity index (χ3v) is 10.7. The number of phenolic OH excluding ortho intramolecular Hbond substituents is 2. The lowest BCUT2D eigenvalue weighted by atomic mass is 10.0. The van der Waals surface area contributed by atoms with Crippen molar-refractivity contribution in [2.24, 2.45) is 25.6 Å². The van der Waals surface area contributed by atoms with Crippen LogP contribution >= 0.6 is 22.6 Å². The van der Waals surface area contributed by atoms with Gasteiger partial charge in [-0.1, -0.05) is 47.6 Å². The Balaban J connectivity index is 0.857. The van der Waals surface area contributed by atoms with Crippen LogP contribution in [-0.2, 0) is 16.3 Å². The second-order valence-electron chi connectivity index (χ2n) is 14.9. The molecule has 0 spiro atoms. The summed E-state index contributed by atoms with van der Waals surface area (Å²) in [6.45, 7) is 0.164. The molecule has 0 radical (unpaired) electrons. The number of aromatic hydroxyl groups is 2. The summed E-state index contributed by atoms with van der Waals surface area (Å²) in [5.41, 5.74) is 6.26. The van der Waals surface area contributed by atoms with Gasteiger partial charge in [0.05, 0.1) is 17.1 Å². The minimum atomic E-state index is -4.93. The highest BCUT2D eigenvalue weighted by Crippen LogP contribution is 2.38. The van der Waals surface area contributed by atoms with Crippen molar-refractivity contribution < 1.29 is 52.2 Å². The van der Waals surface area contributed by atoms with Crippen LogP contribution in [0.3, 0.4) is 0 Å². The van der Waals surface area contributed by atoms with E-state index in [-0.39, 0.29) is 46.5 Å². The maximum atomic E-state index is 13.4. The van der Waals surface area contributed by atoms with Crippen LogP contribution in [0.15, 0.2) is 183 Å². The van der Waals surface area contributed by atoms with Crippen molar-refractivity contribution in [3.8, 4) is 17.2 Å². The van der Waals surface area contributed by atoms with Crippen LogP contribution in [0.25, 0.3) is 21.5 Å². The molecule has 0 saturated heterocycles. The Morgan fingerprint density at radius 1 is 0.629 bits per heavy atom. The van der Waals surface area contributed by atoms with E-state index in [0.717, 1.165) is 38.7 Å². The third kappa shape index (κ3) is 12.3. The number of ether oxygens (including phenoxy) is 1. The number of phenols is 2. The van der Waals surface area contributed by atoms with Crippen molar-refractivity contribution in [2.45, 2.75) is 13.0 Å². The highest BCUT2D eigenvalue weighted by molar-refractivity contribution is 14.1. The average molecular weight is 1060 g/mol. The number of anilines is 2. The molecule has 16 nitrogen and oxygen atoms in total. The number of amides is 3. The molecule has 0 aliphatic carbocycles. The van der Waals surface area contributed by atoms with Gasteiger partial charge in [0.25, 0.3) is 5.91 Å². The number of carbonyl (C=O) groups is 3. The number of oxime groups is 1. The van der Waals surface area contributed by atoms with Gasteiger partial charge in [-0.25, -0.2) is 10.3 Å². The van der Waals surface area contributed by atoms with Crippen LogP contribution in [0, 0.1) is 3.57 Å². The number of fused-ring (bicyclic) bond motifs is 2. The Labute approximate surface area is 408 Å². The zero-order chi connectivity index (χ0) is 49.2. The van der Waals surface area contributed by atoms with Crippen LogP contribution in [-0.4, -0.2) is 40.7 Å². The number of ketones is 1. The van der Waals surface area contributed by atoms with Gasteiger partial charge in [-0.15, -0.1) is 23.4 Å². The molecule has 0 unspecified atom stereocenters. The number of hydrogen-bond acceptors (Lipinski definition) is 14. The topological polar surface area (TPSA) is 217 Å². The smallest absolute Gasteiger partial charge is 0.506 e. The molecule has 8 aromatic carbocycles. The molecule has 0 bridgehead atoms. The van der Waals surface area contributed by atoms with Crippen molar-refractivity contribution in [1.82, 2.24) is 5.32 Å². The Hall–Kier alpha value is -8.92. The largest absolute Gasteiger partial charge is 0.573 e. The monoisotopic (exact) mass is 1060 g/mol. The van der Waals surface area contributed by atoms with Crippen molar-refractivity contribution in [2.75, 3.05) is 10.8 Å². The van der Waals surface area contributed by atoms with Gasteiger partial charge in [0.1, 0.15) is 35.2 Å². The van der Waals surface area contributed by atoms with E-state index < -0.39 is 24.1 Å². The number of alkyl halides is 3. The minimum absolute atomic E-state index is 0.0497. The van der Waals surface area contributed by atoms with Crippen LogP contribution < -0.4 is 20.9 Å². The first-order chi connectivity index (χ1) is 33.7. The van der Waals surface area contributed by atoms with Gasteiger partial charge in [0.15, 0.2) is 5.78 Å². The van der Waals surface area contributed by atoms with Gasteiger partial charge in [-0.05, 0) is 148 Å². The van der Waals surface area contributed by atoms with Crippen LogP contribution in [0.5, 0.6) is 17.2 Å². The van der Waals surface area contributed by atoms with Gasteiger partial charge < -0.3 is 29.9 Å². The molecule has 70 heavy (non-hydrogen) atoms. The summed E-state index contributed by atoms with van der Waals surface area (Å²) in [5.74, 6) is -1.91. The zero-order valence-corrected chi connectivity index (χ0v) is 38.0. The molecule has 0 aliphatic rings. The van der Waals surface area contributed by atoms with Crippen LogP contribution in [0.1, 0.15) is 31.8 Å². The SMILES string of the molecule is O=C(NC(=O)c1ccc2c(N=Nc3ccc(C(=O)c4ccc(N=Nc5c(O)ccc6cc(CON=CONc7cccc(I)c7)ccc56)cc4)cc3)c(O)ccc2c1)Nc1cccc(OC(F)(F)F)c1. The maximum absolute atomic E-state index is 13.4. The van der Waals surface area contributed by atoms with E-state index in [9.17, 15) is 37.8 Å². The number of imide groups is 1. The predicted octanol–water partition coefficient (Wildman–Crippen LogP) is 13.4. The predicted molar refractivity (Wildman–Crippen MR) is 263 cm³/mol. The number of hydrogen-bond donors (Lipinski definition) is 5. The van der Waals surface area contributed by atoms with E-state index >= 15 is 0 Å². The molecule has 20 heteroatoms. The molecule has 0 atom stereocenters. The number of urea groups is 1. The molecule has 8 rings (SSSR count). The number of azo groups is 2. The van der Waals surface area contributed by atoms with E-state index in [4.69, 9.17) is 9.68 Å². The summed E-state index contributed by atoms with van der Waals surface area (Å²) in [5, 5.41) is 49.0. The summed E-state index contributed by atoms with van der Waals surface area (Å²) in [6.07, 6.45) is -3.78. The normalized spacial score (nSPS) is 11.6. The maximum Gasteiger partial charge on any atom is 0.573 e. The van der Waals surface area contributed by atoms with Crippen LogP contribution in [0.4, 0.5) is 52.1 Å². The molecular formula is C50H34F3IN8O8. The Morgan fingerprint density at radius 3 is 1.84 bits per heavy atom. The van der Waals surface area contributed by atoms with Crippen molar-refractivity contribution in [3.05, 3.63) is 184 Å². The fourth-order valence-corrected chi connectivity index (χ4v) is 7.30. The third-order valence-electron chi connectivity index (χ3n) is 10.0. The summed E-state index contributed by atoms with van der Waals surface area (Å²) < 4.78 is 42.7. The summed E-state index contributed by atoms with van der Waals surface area (Å²) in [7, 11) is 0. The highest BCUT2D eigenvalue weighted by Gasteiger charge is 2.31. The quantitative estimate of drug-likeness (QED) is 0.0164. The number of carbonyl (C=O) groups excluding carboxylic acids is 3. The summed E-state index contributed by atoms with van der Waals surface area (Å²) in [6, 6.07) is 40.0. The molecule has 3 amide bonds. The molecular weight excluding hydrogens is 1020 g/mol. The molecule has 0 fully saturated rings. The second-order valence-corrected chi connectivity index (χ2v) is 16.1. The standard InChI is InChI=1S/C50H34F3IN8O8/c51-50(52,53)70-40-6-2-4-38(26-40)56-49(67)57-48(66)34-12-20-42-33(24-34)14-22-44(64)46(42)61-59-37-17-10-31(11-18-37)47(65)30-8-15-36(16-9-30)58-60-45-41-19-7-29(23-32(41)13-21-43(45)63)27-68-55-28-69-62-39-5-1-3-35(54)25-39/h1-26,28,62-64H,27H2,(H2,56,57,66,67). The van der Waals surface area contributed by atoms with Gasteiger partial charge in [-0.2, -0.15) is 10.2 Å². The molecule has 0 saturated carbocycles. The van der Waals surface area contributed by atoms with Gasteiger partial charge >= 0.3 is 12.4 Å². The number of benzene rings is 8. The number of rotatable bonds is 15. The lowest BCUT2D eigenvalue weighted by Crippen LogP contribution is -2.34. The molecule has 0 aromatic heterocycles. The molecule has 8 aromatic rings. The molecule has 0 heterocycles. The Bertz CT molecular complexity index is 3350. The summed E-state index contributed by atoms with van der Waals surface area (Å²) in [4.78, 5) is 49.3. The van der Waals surface area contributed by atoms with Crippen molar-refractivity contribution in [3.63, 3.8) is 0 Å². The highest BCUT2D eigenvalue weighted by atomic mass is 127. The first-order valence-corrected chi connectivity index (χ1v) is 21.7. The first-order valence-electron chi connectivity index (χ1n) is 20.6. The summed E-state index contributed by atoms with van der Waals surface area (Å²) >= 11 is 2.20. The van der Waals surface area contributed by atoms with Gasteiger partial charge in [0, 0.05) is 42.8 Å². The fraction of sp³-hybridized carbons (Fsp3) is 0.0400. The lowest BCUT2D eigenvalue weighted by molar-refractivity contribution is -0.274. The van der Waals surface area contributed by atoms with E-state index in [1.54, 1.807) is 60.7 Å². The van der Waals surface area contributed by atoms with Crippen molar-refractivity contribution >= 4 is 102 Å². The van der Waals surface area contributed by atoms with E-state index in [0.29, 0.717) is 38.7 Å². The lowest BCUT2D eigenvalue weighted by Gasteiger charge is -2.11.